The van der Waals surface area contributed by atoms with E-state index in [1.54, 1.807) is 0 Å². The molecular weight excluding hydrogens is 395 g/mol. The predicted molar refractivity (Wildman–Crippen MR) is 95.0 cm³/mol. The van der Waals surface area contributed by atoms with Crippen LogP contribution in [0.2, 0.25) is 0 Å². The Bertz CT molecular complexity index is 853. The third kappa shape index (κ3) is 3.44. The van der Waals surface area contributed by atoms with Gasteiger partial charge in [0.2, 0.25) is 10.0 Å². The average Bonchev–Trinajstić information content (AvgIpc) is 2.56. The third-order valence-electron chi connectivity index (χ3n) is 6.47. The van der Waals surface area contributed by atoms with Crippen LogP contribution in [0.3, 0.4) is 0 Å². The Hall–Kier alpha value is -1.23. The maximum atomic E-state index is 12.9. The summed E-state index contributed by atoms with van der Waals surface area (Å²) in [6.07, 6.45) is -1.26. The molecule has 0 bridgehead atoms. The number of pyridine rings is 1. The molecule has 28 heavy (non-hydrogen) atoms. The molecular formula is C18H24F3N3O3S. The summed E-state index contributed by atoms with van der Waals surface area (Å²) in [7, 11) is -3.86. The van der Waals surface area contributed by atoms with Crippen LogP contribution in [0.15, 0.2) is 17.0 Å². The molecule has 1 N–H and O–H groups in total. The van der Waals surface area contributed by atoms with Gasteiger partial charge in [0.05, 0.1) is 11.8 Å². The molecule has 0 amide bonds. The summed E-state index contributed by atoms with van der Waals surface area (Å²) in [6.45, 7) is 3.49. The topological polar surface area (TPSA) is 73.7 Å². The van der Waals surface area contributed by atoms with Crippen molar-refractivity contribution in [3.63, 3.8) is 0 Å². The first-order chi connectivity index (χ1) is 13.0. The molecule has 1 saturated carbocycles. The second kappa shape index (κ2) is 6.65. The molecule has 1 aliphatic carbocycles. The van der Waals surface area contributed by atoms with Gasteiger partial charge in [-0.1, -0.05) is 0 Å². The Morgan fingerprint density at radius 1 is 1.18 bits per heavy atom. The zero-order valence-corrected chi connectivity index (χ0v) is 16.4. The second-order valence-corrected chi connectivity index (χ2v) is 10.3. The molecule has 6 nitrogen and oxygen atoms in total. The van der Waals surface area contributed by atoms with Gasteiger partial charge in [-0.05, 0) is 50.2 Å². The van der Waals surface area contributed by atoms with Crippen LogP contribution in [-0.4, -0.2) is 66.0 Å². The number of alkyl halides is 3. The van der Waals surface area contributed by atoms with E-state index >= 15 is 0 Å². The molecule has 3 heterocycles. The van der Waals surface area contributed by atoms with Crippen molar-refractivity contribution in [1.29, 1.82) is 0 Å². The normalized spacial score (nSPS) is 24.9. The molecule has 1 spiro atoms. The SMILES string of the molecule is Cc1nc(C(F)(F)F)ccc1S(=O)(=O)N1CCC2(CC1)CC(N1CC(O)C1)C2. The highest BCUT2D eigenvalue weighted by Gasteiger charge is 2.50. The Morgan fingerprint density at radius 3 is 2.29 bits per heavy atom. The molecule has 4 rings (SSSR count). The number of hydrogen-bond acceptors (Lipinski definition) is 5. The van der Waals surface area contributed by atoms with E-state index < -0.39 is 21.9 Å². The standard InChI is InChI=1S/C18H24F3N3O3S/c1-12-15(2-3-16(22-12)18(19,20)21)28(26,27)24-6-4-17(5-7-24)8-13(9-17)23-10-14(25)11-23/h2-3,13-14,25H,4-11H2,1H3. The summed E-state index contributed by atoms with van der Waals surface area (Å²) in [5.74, 6) is 0. The summed E-state index contributed by atoms with van der Waals surface area (Å²) in [5, 5.41) is 9.42. The predicted octanol–water partition coefficient (Wildman–Crippen LogP) is 2.02. The van der Waals surface area contributed by atoms with Crippen molar-refractivity contribution >= 4 is 10.0 Å². The van der Waals surface area contributed by atoms with Crippen molar-refractivity contribution in [3.8, 4) is 0 Å². The highest BCUT2D eigenvalue weighted by atomic mass is 32.2. The average molecular weight is 419 g/mol. The number of piperidine rings is 1. The Kier molecular flexibility index (Phi) is 4.76. The molecule has 1 aromatic heterocycles. The number of likely N-dealkylation sites (tertiary alicyclic amines) is 1. The molecule has 0 unspecified atom stereocenters. The number of aromatic nitrogens is 1. The van der Waals surface area contributed by atoms with Crippen LogP contribution in [0, 0.1) is 12.3 Å². The van der Waals surface area contributed by atoms with E-state index in [0.717, 1.165) is 50.9 Å². The number of aliphatic hydroxyl groups excluding tert-OH is 1. The first kappa shape index (κ1) is 20.1. The lowest BCUT2D eigenvalue weighted by atomic mass is 9.60. The fourth-order valence-electron chi connectivity index (χ4n) is 4.71. The first-order valence-corrected chi connectivity index (χ1v) is 10.9. The van der Waals surface area contributed by atoms with Crippen molar-refractivity contribution in [2.45, 2.75) is 55.8 Å². The van der Waals surface area contributed by atoms with Crippen LogP contribution >= 0.6 is 0 Å². The Morgan fingerprint density at radius 2 is 1.79 bits per heavy atom. The van der Waals surface area contributed by atoms with Crippen molar-refractivity contribution in [1.82, 2.24) is 14.2 Å². The van der Waals surface area contributed by atoms with E-state index in [1.807, 2.05) is 0 Å². The molecule has 10 heteroatoms. The van der Waals surface area contributed by atoms with Gasteiger partial charge in [-0.25, -0.2) is 13.4 Å². The van der Waals surface area contributed by atoms with Gasteiger partial charge in [-0.2, -0.15) is 17.5 Å². The summed E-state index contributed by atoms with van der Waals surface area (Å²) in [4.78, 5) is 5.57. The molecule has 3 fully saturated rings. The van der Waals surface area contributed by atoms with Gasteiger partial charge >= 0.3 is 6.18 Å². The minimum atomic E-state index is -4.60. The molecule has 0 atom stereocenters. The smallest absolute Gasteiger partial charge is 0.390 e. The maximum absolute atomic E-state index is 12.9. The number of nitrogens with zero attached hydrogens (tertiary/aromatic N) is 3. The zero-order chi connectivity index (χ0) is 20.3. The highest BCUT2D eigenvalue weighted by molar-refractivity contribution is 7.89. The molecule has 0 radical (unpaired) electrons. The van der Waals surface area contributed by atoms with Crippen LogP contribution in [0.4, 0.5) is 13.2 Å². The molecule has 3 aliphatic rings. The van der Waals surface area contributed by atoms with Crippen molar-refractivity contribution in [2.24, 2.45) is 5.41 Å². The Labute approximate surface area is 162 Å². The molecule has 1 aromatic rings. The van der Waals surface area contributed by atoms with Crippen molar-refractivity contribution < 1.29 is 26.7 Å². The number of sulfonamides is 1. The van der Waals surface area contributed by atoms with E-state index in [4.69, 9.17) is 0 Å². The van der Waals surface area contributed by atoms with Gasteiger partial charge in [0.15, 0.2) is 0 Å². The fourth-order valence-corrected chi connectivity index (χ4v) is 6.31. The van der Waals surface area contributed by atoms with E-state index in [0.29, 0.717) is 19.1 Å². The van der Waals surface area contributed by atoms with Crippen molar-refractivity contribution in [3.05, 3.63) is 23.5 Å². The minimum Gasteiger partial charge on any atom is -0.390 e. The number of β-amino-alcohol motifs (C(OH)–C–C–N with tert-alkyl or cyclic N) is 1. The molecule has 2 saturated heterocycles. The number of aliphatic hydroxyl groups is 1. The summed E-state index contributed by atoms with van der Waals surface area (Å²) < 4.78 is 65.6. The van der Waals surface area contributed by atoms with Gasteiger partial charge < -0.3 is 5.11 Å². The monoisotopic (exact) mass is 419 g/mol. The van der Waals surface area contributed by atoms with Crippen LogP contribution in [0.25, 0.3) is 0 Å². The molecule has 2 aliphatic heterocycles. The van der Waals surface area contributed by atoms with E-state index in [9.17, 15) is 26.7 Å². The lowest BCUT2D eigenvalue weighted by Gasteiger charge is -2.57. The van der Waals surface area contributed by atoms with Crippen LogP contribution in [-0.2, 0) is 16.2 Å². The second-order valence-electron chi connectivity index (χ2n) is 8.35. The first-order valence-electron chi connectivity index (χ1n) is 9.47. The summed E-state index contributed by atoms with van der Waals surface area (Å²) in [5.41, 5.74) is -1.06. The van der Waals surface area contributed by atoms with Crippen LogP contribution in [0.1, 0.15) is 37.1 Å². The lowest BCUT2D eigenvalue weighted by Crippen LogP contribution is -2.62. The van der Waals surface area contributed by atoms with E-state index in [2.05, 4.69) is 9.88 Å². The fraction of sp³-hybridized carbons (Fsp3) is 0.722. The van der Waals surface area contributed by atoms with Gasteiger partial charge in [-0.3, -0.25) is 4.90 Å². The van der Waals surface area contributed by atoms with Crippen LogP contribution in [0.5, 0.6) is 0 Å². The summed E-state index contributed by atoms with van der Waals surface area (Å²) >= 11 is 0. The Balaban J connectivity index is 1.40. The number of rotatable bonds is 3. The third-order valence-corrected chi connectivity index (χ3v) is 8.51. The molecule has 0 aromatic carbocycles. The number of aryl methyl sites for hydroxylation is 1. The highest BCUT2D eigenvalue weighted by Crippen LogP contribution is 2.52. The quantitative estimate of drug-likeness (QED) is 0.812. The van der Waals surface area contributed by atoms with Gasteiger partial charge in [0.25, 0.3) is 0 Å². The zero-order valence-electron chi connectivity index (χ0n) is 15.6. The lowest BCUT2D eigenvalue weighted by molar-refractivity contribution is -0.141. The summed E-state index contributed by atoms with van der Waals surface area (Å²) in [6, 6.07) is 2.22. The largest absolute Gasteiger partial charge is 0.433 e. The van der Waals surface area contributed by atoms with Gasteiger partial charge in [0.1, 0.15) is 10.6 Å². The molecule has 156 valence electrons. The van der Waals surface area contributed by atoms with E-state index in [-0.39, 0.29) is 22.1 Å². The minimum absolute atomic E-state index is 0.129. The van der Waals surface area contributed by atoms with E-state index in [1.165, 1.54) is 11.2 Å². The number of hydrogen-bond donors (Lipinski definition) is 1. The maximum Gasteiger partial charge on any atom is 0.433 e. The van der Waals surface area contributed by atoms with Crippen LogP contribution < -0.4 is 0 Å². The van der Waals surface area contributed by atoms with Gasteiger partial charge in [-0.15, -0.1) is 0 Å². The van der Waals surface area contributed by atoms with Gasteiger partial charge in [0, 0.05) is 32.2 Å². The van der Waals surface area contributed by atoms with Crippen molar-refractivity contribution in [2.75, 3.05) is 26.2 Å². The number of halogens is 3.